The maximum Gasteiger partial charge on any atom is 0.0462 e. The summed E-state index contributed by atoms with van der Waals surface area (Å²) in [7, 11) is 1.74. The van der Waals surface area contributed by atoms with E-state index in [4.69, 9.17) is 4.74 Å². The number of aromatic nitrogens is 1. The molecule has 0 aliphatic heterocycles. The van der Waals surface area contributed by atoms with Crippen molar-refractivity contribution in [1.82, 2.24) is 4.98 Å². The van der Waals surface area contributed by atoms with Crippen LogP contribution < -0.4 is 0 Å². The fraction of sp³-hybridized carbons (Fsp3) is 0.500. The van der Waals surface area contributed by atoms with Crippen molar-refractivity contribution in [1.29, 1.82) is 0 Å². The molecule has 2 heteroatoms. The highest BCUT2D eigenvalue weighted by atomic mass is 16.5. The lowest BCUT2D eigenvalue weighted by Crippen LogP contribution is -1.91. The van der Waals surface area contributed by atoms with Crippen LogP contribution in [0, 0.1) is 0 Å². The minimum Gasteiger partial charge on any atom is -0.385 e. The van der Waals surface area contributed by atoms with E-state index in [2.05, 4.69) is 11.1 Å². The number of hydrogen-bond donors (Lipinski definition) is 0. The molecule has 0 aromatic carbocycles. The largest absolute Gasteiger partial charge is 0.385 e. The van der Waals surface area contributed by atoms with Gasteiger partial charge in [-0.05, 0) is 30.9 Å². The van der Waals surface area contributed by atoms with Crippen LogP contribution in [0.1, 0.15) is 18.4 Å². The molecule has 0 saturated carbocycles. The van der Waals surface area contributed by atoms with E-state index in [0.717, 1.165) is 19.4 Å². The van der Waals surface area contributed by atoms with Crippen molar-refractivity contribution in [3.63, 3.8) is 0 Å². The molecule has 1 heterocycles. The van der Waals surface area contributed by atoms with Crippen molar-refractivity contribution in [2.75, 3.05) is 13.7 Å². The smallest absolute Gasteiger partial charge is 0.0462 e. The van der Waals surface area contributed by atoms with Crippen LogP contribution in [0.2, 0.25) is 0 Å². The predicted octanol–water partition coefficient (Wildman–Crippen LogP) is 2.05. The van der Waals surface area contributed by atoms with E-state index in [9.17, 15) is 0 Å². The number of hydrogen-bond acceptors (Lipinski definition) is 2. The van der Waals surface area contributed by atoms with E-state index >= 15 is 0 Å². The normalized spacial score (nSPS) is 10.1. The Bertz CT molecular complexity index is 198. The molecule has 0 amide bonds. The van der Waals surface area contributed by atoms with E-state index in [1.807, 2.05) is 12.3 Å². The molecule has 1 aromatic heterocycles. The zero-order valence-corrected chi connectivity index (χ0v) is 7.49. The first kappa shape index (κ1) is 9.20. The van der Waals surface area contributed by atoms with Gasteiger partial charge in [0.2, 0.25) is 0 Å². The Morgan fingerprint density at radius 1 is 1.42 bits per heavy atom. The van der Waals surface area contributed by atoms with E-state index in [0.29, 0.717) is 0 Å². The first-order valence-corrected chi connectivity index (χ1v) is 4.31. The van der Waals surface area contributed by atoms with Crippen molar-refractivity contribution in [3.05, 3.63) is 30.1 Å². The third-order valence-corrected chi connectivity index (χ3v) is 1.79. The van der Waals surface area contributed by atoms with E-state index in [1.165, 1.54) is 12.0 Å². The lowest BCUT2D eigenvalue weighted by Gasteiger charge is -1.99. The van der Waals surface area contributed by atoms with Gasteiger partial charge in [0.25, 0.3) is 0 Å². The molecule has 1 rings (SSSR count). The van der Waals surface area contributed by atoms with Crippen LogP contribution in [0.25, 0.3) is 0 Å². The standard InChI is InChI=1S/C10H15NO/c1-12-8-3-2-5-10-6-4-7-11-9-10/h4,6-7,9H,2-3,5,8H2,1H3. The molecular formula is C10H15NO. The third-order valence-electron chi connectivity index (χ3n) is 1.79. The quantitative estimate of drug-likeness (QED) is 0.623. The summed E-state index contributed by atoms with van der Waals surface area (Å²) in [5.74, 6) is 0. The summed E-state index contributed by atoms with van der Waals surface area (Å²) in [6.07, 6.45) is 7.15. The molecule has 0 aliphatic rings. The number of unbranched alkanes of at least 4 members (excludes halogenated alkanes) is 1. The number of nitrogens with zero attached hydrogens (tertiary/aromatic N) is 1. The molecule has 0 unspecified atom stereocenters. The van der Waals surface area contributed by atoms with Crippen LogP contribution in [0.5, 0.6) is 0 Å². The fourth-order valence-electron chi connectivity index (χ4n) is 1.12. The number of ether oxygens (including phenoxy) is 1. The third kappa shape index (κ3) is 3.49. The second-order valence-electron chi connectivity index (χ2n) is 2.81. The fourth-order valence-corrected chi connectivity index (χ4v) is 1.12. The summed E-state index contributed by atoms with van der Waals surface area (Å²) in [6, 6.07) is 4.09. The Balaban J connectivity index is 2.16. The van der Waals surface area contributed by atoms with Crippen LogP contribution in [-0.4, -0.2) is 18.7 Å². The van der Waals surface area contributed by atoms with Crippen molar-refractivity contribution in [2.24, 2.45) is 0 Å². The highest BCUT2D eigenvalue weighted by molar-refractivity contribution is 5.08. The predicted molar refractivity (Wildman–Crippen MR) is 49.1 cm³/mol. The summed E-state index contributed by atoms with van der Waals surface area (Å²) in [6.45, 7) is 0.861. The number of pyridine rings is 1. The van der Waals surface area contributed by atoms with Crippen LogP contribution >= 0.6 is 0 Å². The summed E-state index contributed by atoms with van der Waals surface area (Å²) in [5.41, 5.74) is 1.31. The Kier molecular flexibility index (Phi) is 4.39. The Morgan fingerprint density at radius 2 is 2.33 bits per heavy atom. The maximum absolute atomic E-state index is 4.96. The molecule has 0 fully saturated rings. The van der Waals surface area contributed by atoms with Crippen LogP contribution in [0.4, 0.5) is 0 Å². The van der Waals surface area contributed by atoms with Crippen LogP contribution in [0.15, 0.2) is 24.5 Å². The van der Waals surface area contributed by atoms with Gasteiger partial charge in [0.05, 0.1) is 0 Å². The molecule has 0 N–H and O–H groups in total. The average molecular weight is 165 g/mol. The molecule has 0 bridgehead atoms. The van der Waals surface area contributed by atoms with Gasteiger partial charge in [0, 0.05) is 26.1 Å². The zero-order chi connectivity index (χ0) is 8.65. The van der Waals surface area contributed by atoms with Gasteiger partial charge in [-0.25, -0.2) is 0 Å². The number of methoxy groups -OCH3 is 1. The summed E-state index contributed by atoms with van der Waals surface area (Å²) < 4.78 is 4.96. The molecule has 0 saturated heterocycles. The summed E-state index contributed by atoms with van der Waals surface area (Å²) >= 11 is 0. The lowest BCUT2D eigenvalue weighted by molar-refractivity contribution is 0.193. The van der Waals surface area contributed by atoms with E-state index < -0.39 is 0 Å². The number of rotatable bonds is 5. The van der Waals surface area contributed by atoms with Gasteiger partial charge in [-0.3, -0.25) is 4.98 Å². The molecule has 66 valence electrons. The average Bonchev–Trinajstić information content (AvgIpc) is 2.14. The summed E-state index contributed by atoms with van der Waals surface area (Å²) in [4.78, 5) is 4.05. The first-order chi connectivity index (χ1) is 5.93. The van der Waals surface area contributed by atoms with Gasteiger partial charge in [0.1, 0.15) is 0 Å². The van der Waals surface area contributed by atoms with Gasteiger partial charge in [-0.2, -0.15) is 0 Å². The Hall–Kier alpha value is -0.890. The maximum atomic E-state index is 4.96. The Morgan fingerprint density at radius 3 is 3.00 bits per heavy atom. The SMILES string of the molecule is COCCCCc1cccnc1. The Labute approximate surface area is 73.6 Å². The second kappa shape index (κ2) is 5.72. The van der Waals surface area contributed by atoms with Crippen LogP contribution in [0.3, 0.4) is 0 Å². The van der Waals surface area contributed by atoms with Gasteiger partial charge in [-0.1, -0.05) is 6.07 Å². The monoisotopic (exact) mass is 165 g/mol. The lowest BCUT2D eigenvalue weighted by atomic mass is 10.1. The van der Waals surface area contributed by atoms with E-state index in [1.54, 1.807) is 13.3 Å². The molecule has 2 nitrogen and oxygen atoms in total. The van der Waals surface area contributed by atoms with Crippen molar-refractivity contribution < 1.29 is 4.74 Å². The number of aryl methyl sites for hydroxylation is 1. The molecule has 0 spiro atoms. The van der Waals surface area contributed by atoms with Crippen molar-refractivity contribution >= 4 is 0 Å². The molecule has 0 radical (unpaired) electrons. The molecular weight excluding hydrogens is 150 g/mol. The van der Waals surface area contributed by atoms with Crippen molar-refractivity contribution in [2.45, 2.75) is 19.3 Å². The molecule has 12 heavy (non-hydrogen) atoms. The zero-order valence-electron chi connectivity index (χ0n) is 7.49. The second-order valence-corrected chi connectivity index (χ2v) is 2.81. The topological polar surface area (TPSA) is 22.1 Å². The minimum atomic E-state index is 0.861. The van der Waals surface area contributed by atoms with Crippen molar-refractivity contribution in [3.8, 4) is 0 Å². The van der Waals surface area contributed by atoms with Gasteiger partial charge in [0.15, 0.2) is 0 Å². The highest BCUT2D eigenvalue weighted by Gasteiger charge is 1.91. The van der Waals surface area contributed by atoms with Gasteiger partial charge < -0.3 is 4.74 Å². The van der Waals surface area contributed by atoms with Gasteiger partial charge in [-0.15, -0.1) is 0 Å². The minimum absolute atomic E-state index is 0.861. The first-order valence-electron chi connectivity index (χ1n) is 4.31. The molecule has 0 aliphatic carbocycles. The van der Waals surface area contributed by atoms with Crippen LogP contribution in [-0.2, 0) is 11.2 Å². The van der Waals surface area contributed by atoms with E-state index in [-0.39, 0.29) is 0 Å². The molecule has 1 aromatic rings. The highest BCUT2D eigenvalue weighted by Crippen LogP contribution is 2.02. The van der Waals surface area contributed by atoms with Gasteiger partial charge >= 0.3 is 0 Å². The summed E-state index contributed by atoms with van der Waals surface area (Å²) in [5, 5.41) is 0. The molecule has 0 atom stereocenters.